The summed E-state index contributed by atoms with van der Waals surface area (Å²) in [5.41, 5.74) is 11.0. The predicted octanol–water partition coefficient (Wildman–Crippen LogP) is 1.25. The molecule has 0 aliphatic carbocycles. The Hall–Kier alpha value is -1.34. The number of rotatable bonds is 2. The summed E-state index contributed by atoms with van der Waals surface area (Å²) in [6.07, 6.45) is 3.31. The lowest BCUT2D eigenvalue weighted by Gasteiger charge is -1.96. The maximum absolute atomic E-state index is 5.52. The van der Waals surface area contributed by atoms with E-state index >= 15 is 0 Å². The third-order valence-corrected chi connectivity index (χ3v) is 3.16. The molecule has 0 unspecified atom stereocenters. The molecule has 4 N–H and O–H groups in total. The average Bonchev–Trinajstić information content (AvgIpc) is 2.51. The maximum Gasteiger partial charge on any atom is 0.195 e. The number of anilines is 2. The highest BCUT2D eigenvalue weighted by Crippen LogP contribution is 2.30. The fraction of sp³-hybridized carbons (Fsp3) is 0. The molecule has 72 valence electrons. The highest BCUT2D eigenvalue weighted by Gasteiger charge is 2.03. The molecule has 0 spiro atoms. The van der Waals surface area contributed by atoms with Gasteiger partial charge in [-0.15, -0.1) is 0 Å². The van der Waals surface area contributed by atoms with Crippen molar-refractivity contribution in [1.29, 1.82) is 0 Å². The van der Waals surface area contributed by atoms with Gasteiger partial charge in [0.05, 0.1) is 10.4 Å². The molecule has 0 aliphatic rings. The topological polar surface area (TPSA) is 90.7 Å². The Morgan fingerprint density at radius 1 is 1.29 bits per heavy atom. The van der Waals surface area contributed by atoms with Crippen LogP contribution in [0.1, 0.15) is 0 Å². The van der Waals surface area contributed by atoms with Gasteiger partial charge in [-0.3, -0.25) is 0 Å². The number of nitrogens with two attached hydrogens (primary N) is 2. The van der Waals surface area contributed by atoms with Gasteiger partial charge in [0, 0.05) is 6.20 Å². The van der Waals surface area contributed by atoms with Crippen LogP contribution in [0.2, 0.25) is 0 Å². The highest BCUT2D eigenvalue weighted by atomic mass is 32.2. The molecular formula is C7H7N5S2. The van der Waals surface area contributed by atoms with Gasteiger partial charge in [0.2, 0.25) is 0 Å². The number of nitrogens with zero attached hydrogens (tertiary/aromatic N) is 3. The Labute approximate surface area is 88.6 Å². The van der Waals surface area contributed by atoms with Crippen molar-refractivity contribution < 1.29 is 0 Å². The van der Waals surface area contributed by atoms with E-state index in [-0.39, 0.29) is 0 Å². The highest BCUT2D eigenvalue weighted by molar-refractivity contribution is 8.01. The van der Waals surface area contributed by atoms with Crippen molar-refractivity contribution in [1.82, 2.24) is 15.0 Å². The average molecular weight is 225 g/mol. The van der Waals surface area contributed by atoms with Crippen molar-refractivity contribution in [2.45, 2.75) is 9.37 Å². The second-order valence-corrected chi connectivity index (χ2v) is 4.71. The third kappa shape index (κ3) is 2.12. The lowest BCUT2D eigenvalue weighted by molar-refractivity contribution is 0.977. The smallest absolute Gasteiger partial charge is 0.195 e. The zero-order valence-electron chi connectivity index (χ0n) is 7.04. The summed E-state index contributed by atoms with van der Waals surface area (Å²) < 4.78 is 0.952. The Morgan fingerprint density at radius 3 is 2.79 bits per heavy atom. The Bertz CT molecular complexity index is 441. The van der Waals surface area contributed by atoms with E-state index in [4.69, 9.17) is 11.5 Å². The van der Waals surface area contributed by atoms with Gasteiger partial charge in [0.15, 0.2) is 10.3 Å². The number of hydrogen-bond acceptors (Lipinski definition) is 7. The largest absolute Gasteiger partial charge is 0.384 e. The van der Waals surface area contributed by atoms with Crippen LogP contribution in [-0.2, 0) is 0 Å². The minimum absolute atomic E-state index is 0.458. The van der Waals surface area contributed by atoms with E-state index in [9.17, 15) is 0 Å². The summed E-state index contributed by atoms with van der Waals surface area (Å²) in [5, 5.41) is 1.14. The van der Waals surface area contributed by atoms with Crippen molar-refractivity contribution in [2.24, 2.45) is 0 Å². The first-order valence-electron chi connectivity index (χ1n) is 3.72. The SMILES string of the molecule is Nc1ccnc(Sc2cnc(N)s2)n1. The van der Waals surface area contributed by atoms with Gasteiger partial charge < -0.3 is 11.5 Å². The van der Waals surface area contributed by atoms with Crippen LogP contribution in [0, 0.1) is 0 Å². The predicted molar refractivity (Wildman–Crippen MR) is 57.1 cm³/mol. The van der Waals surface area contributed by atoms with Crippen LogP contribution >= 0.6 is 23.1 Å². The Kier molecular flexibility index (Phi) is 2.51. The number of aromatic nitrogens is 3. The summed E-state index contributed by atoms with van der Waals surface area (Å²) in [5.74, 6) is 0.458. The molecule has 7 heteroatoms. The van der Waals surface area contributed by atoms with E-state index < -0.39 is 0 Å². The van der Waals surface area contributed by atoms with E-state index in [0.717, 1.165) is 4.21 Å². The quantitative estimate of drug-likeness (QED) is 0.747. The summed E-state index contributed by atoms with van der Waals surface area (Å²) >= 11 is 2.79. The number of nitrogen functional groups attached to an aromatic ring is 2. The van der Waals surface area contributed by atoms with Crippen LogP contribution in [0.15, 0.2) is 27.8 Å². The van der Waals surface area contributed by atoms with Gasteiger partial charge in [-0.1, -0.05) is 11.3 Å². The van der Waals surface area contributed by atoms with Crippen LogP contribution in [0.4, 0.5) is 10.9 Å². The fourth-order valence-electron chi connectivity index (χ4n) is 0.812. The van der Waals surface area contributed by atoms with Crippen LogP contribution in [0.5, 0.6) is 0 Å². The fourth-order valence-corrected chi connectivity index (χ4v) is 2.43. The minimum Gasteiger partial charge on any atom is -0.384 e. The molecule has 0 aliphatic heterocycles. The molecule has 0 fully saturated rings. The summed E-state index contributed by atoms with van der Waals surface area (Å²) in [4.78, 5) is 12.0. The first kappa shape index (κ1) is 9.22. The third-order valence-electron chi connectivity index (χ3n) is 1.35. The molecule has 2 aromatic rings. The molecule has 0 aromatic carbocycles. The summed E-state index contributed by atoms with van der Waals surface area (Å²) in [7, 11) is 0. The molecule has 0 radical (unpaired) electrons. The summed E-state index contributed by atoms with van der Waals surface area (Å²) in [6, 6.07) is 1.64. The molecule has 0 atom stereocenters. The van der Waals surface area contributed by atoms with Gasteiger partial charge in [-0.2, -0.15) is 0 Å². The lowest BCUT2D eigenvalue weighted by atomic mass is 10.6. The molecule has 0 saturated carbocycles. The molecule has 5 nitrogen and oxygen atoms in total. The van der Waals surface area contributed by atoms with Crippen LogP contribution < -0.4 is 11.5 Å². The van der Waals surface area contributed by atoms with Gasteiger partial charge in [-0.05, 0) is 17.8 Å². The molecular weight excluding hydrogens is 218 g/mol. The second kappa shape index (κ2) is 3.81. The number of hydrogen-bond donors (Lipinski definition) is 2. The van der Waals surface area contributed by atoms with Crippen molar-refractivity contribution in [3.63, 3.8) is 0 Å². The Balaban J connectivity index is 2.18. The van der Waals surface area contributed by atoms with E-state index in [0.29, 0.717) is 16.1 Å². The molecule has 2 aromatic heterocycles. The zero-order valence-corrected chi connectivity index (χ0v) is 8.68. The first-order valence-corrected chi connectivity index (χ1v) is 5.35. The summed E-state index contributed by atoms with van der Waals surface area (Å²) in [6.45, 7) is 0. The minimum atomic E-state index is 0.458. The van der Waals surface area contributed by atoms with Crippen LogP contribution in [-0.4, -0.2) is 15.0 Å². The van der Waals surface area contributed by atoms with E-state index in [1.54, 1.807) is 18.5 Å². The lowest BCUT2D eigenvalue weighted by Crippen LogP contribution is -1.92. The Morgan fingerprint density at radius 2 is 2.14 bits per heavy atom. The molecule has 2 heterocycles. The zero-order chi connectivity index (χ0) is 9.97. The molecule has 0 saturated heterocycles. The second-order valence-electron chi connectivity index (χ2n) is 2.38. The van der Waals surface area contributed by atoms with Crippen molar-refractivity contribution in [3.05, 3.63) is 18.5 Å². The standard InChI is InChI=1S/C7H7N5S2/c8-4-1-2-10-7(12-4)14-5-3-11-6(9)13-5/h1-3H,(H2,9,11)(H2,8,10,12). The van der Waals surface area contributed by atoms with Crippen molar-refractivity contribution in [2.75, 3.05) is 11.5 Å². The van der Waals surface area contributed by atoms with E-state index in [1.807, 2.05) is 0 Å². The molecule has 0 bridgehead atoms. The van der Waals surface area contributed by atoms with Crippen molar-refractivity contribution >= 4 is 34.0 Å². The van der Waals surface area contributed by atoms with Crippen LogP contribution in [0.25, 0.3) is 0 Å². The van der Waals surface area contributed by atoms with Gasteiger partial charge in [0.25, 0.3) is 0 Å². The van der Waals surface area contributed by atoms with Crippen LogP contribution in [0.3, 0.4) is 0 Å². The monoisotopic (exact) mass is 225 g/mol. The van der Waals surface area contributed by atoms with Crippen molar-refractivity contribution in [3.8, 4) is 0 Å². The van der Waals surface area contributed by atoms with Gasteiger partial charge >= 0.3 is 0 Å². The molecule has 14 heavy (non-hydrogen) atoms. The number of thiazole rings is 1. The van der Waals surface area contributed by atoms with E-state index in [1.165, 1.54) is 23.1 Å². The molecule has 0 amide bonds. The normalized spacial score (nSPS) is 10.3. The van der Waals surface area contributed by atoms with E-state index in [2.05, 4.69) is 15.0 Å². The molecule has 2 rings (SSSR count). The first-order chi connectivity index (χ1) is 6.74. The maximum atomic E-state index is 5.52. The van der Waals surface area contributed by atoms with Gasteiger partial charge in [0.1, 0.15) is 5.82 Å². The van der Waals surface area contributed by atoms with Gasteiger partial charge in [-0.25, -0.2) is 15.0 Å².